The minimum absolute atomic E-state index is 0.0179. The second-order valence-electron chi connectivity index (χ2n) is 5.79. The van der Waals surface area contributed by atoms with E-state index in [1.807, 2.05) is 50.2 Å². The van der Waals surface area contributed by atoms with Gasteiger partial charge in [0.2, 0.25) is 5.91 Å². The molecule has 2 rings (SSSR count). The molecule has 2 aromatic rings. The number of methoxy groups -OCH3 is 1. The highest BCUT2D eigenvalue weighted by molar-refractivity contribution is 7.07. The molecule has 1 amide bonds. The molecule has 6 nitrogen and oxygen atoms in total. The Morgan fingerprint density at radius 3 is 2.75 bits per heavy atom. The van der Waals surface area contributed by atoms with Crippen molar-refractivity contribution in [3.63, 3.8) is 0 Å². The fraction of sp³-hybridized carbons (Fsp3) is 0.412. The number of carbonyl (C=O) groups is 1. The highest BCUT2D eigenvalue weighted by Crippen LogP contribution is 2.22. The highest BCUT2D eigenvalue weighted by atomic mass is 32.1. The van der Waals surface area contributed by atoms with Crippen LogP contribution in [0.3, 0.4) is 0 Å². The minimum Gasteiger partial charge on any atom is -0.497 e. The molecule has 0 aliphatic carbocycles. The lowest BCUT2D eigenvalue weighted by atomic mass is 10.1. The summed E-state index contributed by atoms with van der Waals surface area (Å²) in [5, 5.41) is 4.67. The lowest BCUT2D eigenvalue weighted by Crippen LogP contribution is -2.37. The quantitative estimate of drug-likeness (QED) is 0.825. The van der Waals surface area contributed by atoms with Crippen molar-refractivity contribution in [2.75, 3.05) is 27.7 Å². The summed E-state index contributed by atoms with van der Waals surface area (Å²) in [6.07, 6.45) is 0. The van der Waals surface area contributed by atoms with Crippen LogP contribution in [0.5, 0.6) is 5.75 Å². The van der Waals surface area contributed by atoms with E-state index in [0.717, 1.165) is 28.3 Å². The maximum Gasteiger partial charge on any atom is 0.307 e. The molecule has 0 aliphatic heterocycles. The van der Waals surface area contributed by atoms with Crippen molar-refractivity contribution in [3.05, 3.63) is 50.6 Å². The van der Waals surface area contributed by atoms with E-state index in [1.165, 1.54) is 4.57 Å². The van der Waals surface area contributed by atoms with Gasteiger partial charge in [-0.3, -0.25) is 14.2 Å². The molecular formula is C17H23N3O3S. The van der Waals surface area contributed by atoms with Gasteiger partial charge in [-0.2, -0.15) is 0 Å². The normalized spacial score (nSPS) is 12.2. The molecular weight excluding hydrogens is 326 g/mol. The molecule has 0 radical (unpaired) electrons. The van der Waals surface area contributed by atoms with Crippen molar-refractivity contribution in [1.82, 2.24) is 14.8 Å². The average molecular weight is 349 g/mol. The van der Waals surface area contributed by atoms with E-state index >= 15 is 0 Å². The number of thiazole rings is 1. The summed E-state index contributed by atoms with van der Waals surface area (Å²) in [4.78, 5) is 25.8. The van der Waals surface area contributed by atoms with Crippen LogP contribution in [-0.4, -0.2) is 43.1 Å². The molecule has 1 aromatic carbocycles. The van der Waals surface area contributed by atoms with Crippen LogP contribution in [0, 0.1) is 6.92 Å². The van der Waals surface area contributed by atoms with Crippen molar-refractivity contribution >= 4 is 17.2 Å². The van der Waals surface area contributed by atoms with Gasteiger partial charge in [-0.05, 0) is 38.7 Å². The van der Waals surface area contributed by atoms with E-state index < -0.39 is 0 Å². The van der Waals surface area contributed by atoms with Gasteiger partial charge in [-0.15, -0.1) is 0 Å². The van der Waals surface area contributed by atoms with E-state index in [0.29, 0.717) is 6.54 Å². The van der Waals surface area contributed by atoms with E-state index in [4.69, 9.17) is 4.74 Å². The average Bonchev–Trinajstić information content (AvgIpc) is 2.87. The molecule has 0 bridgehead atoms. The van der Waals surface area contributed by atoms with Gasteiger partial charge in [0.1, 0.15) is 12.3 Å². The largest absolute Gasteiger partial charge is 0.497 e. The molecule has 0 spiro atoms. The van der Waals surface area contributed by atoms with Crippen LogP contribution >= 0.6 is 11.3 Å². The van der Waals surface area contributed by atoms with Crippen molar-refractivity contribution in [1.29, 1.82) is 0 Å². The zero-order valence-electron chi connectivity index (χ0n) is 14.4. The molecule has 7 heteroatoms. The third-order valence-corrected chi connectivity index (χ3v) is 4.75. The van der Waals surface area contributed by atoms with Gasteiger partial charge < -0.3 is 15.0 Å². The first-order valence-corrected chi connectivity index (χ1v) is 8.52. The molecule has 1 unspecified atom stereocenters. The summed E-state index contributed by atoms with van der Waals surface area (Å²) in [6.45, 7) is 2.33. The number of carbonyl (C=O) groups excluding carboxylic acids is 1. The summed E-state index contributed by atoms with van der Waals surface area (Å²) in [5.41, 5.74) is 1.86. The summed E-state index contributed by atoms with van der Waals surface area (Å²) in [6, 6.07) is 7.81. The number of nitrogens with zero attached hydrogens (tertiary/aromatic N) is 2. The van der Waals surface area contributed by atoms with Crippen LogP contribution in [0.4, 0.5) is 0 Å². The number of amides is 1. The number of nitrogens with one attached hydrogen (secondary N) is 1. The van der Waals surface area contributed by atoms with Gasteiger partial charge >= 0.3 is 4.87 Å². The summed E-state index contributed by atoms with van der Waals surface area (Å²) < 4.78 is 6.75. The number of hydrogen-bond acceptors (Lipinski definition) is 5. The second-order valence-corrected chi connectivity index (χ2v) is 6.61. The van der Waals surface area contributed by atoms with Crippen molar-refractivity contribution in [3.8, 4) is 5.75 Å². The highest BCUT2D eigenvalue weighted by Gasteiger charge is 2.16. The summed E-state index contributed by atoms with van der Waals surface area (Å²) in [5.74, 6) is 0.611. The Kier molecular flexibility index (Phi) is 6.16. The molecule has 0 fully saturated rings. The topological polar surface area (TPSA) is 63.6 Å². The maximum atomic E-state index is 12.2. The number of ether oxygens (including phenoxy) is 1. The minimum atomic E-state index is -0.173. The van der Waals surface area contributed by atoms with E-state index in [-0.39, 0.29) is 23.4 Å². The molecule has 0 saturated carbocycles. The van der Waals surface area contributed by atoms with Gasteiger partial charge in [-0.1, -0.05) is 23.5 Å². The van der Waals surface area contributed by atoms with Crippen LogP contribution in [0.1, 0.15) is 17.3 Å². The molecule has 0 aliphatic rings. The van der Waals surface area contributed by atoms with Crippen LogP contribution in [-0.2, 0) is 11.3 Å². The third kappa shape index (κ3) is 4.46. The number of benzene rings is 1. The summed E-state index contributed by atoms with van der Waals surface area (Å²) in [7, 11) is 5.56. The lowest BCUT2D eigenvalue weighted by molar-refractivity contribution is -0.121. The van der Waals surface area contributed by atoms with E-state index in [9.17, 15) is 9.59 Å². The van der Waals surface area contributed by atoms with Gasteiger partial charge in [0.15, 0.2) is 0 Å². The van der Waals surface area contributed by atoms with Gasteiger partial charge in [0.25, 0.3) is 0 Å². The predicted molar refractivity (Wildman–Crippen MR) is 95.7 cm³/mol. The molecule has 24 heavy (non-hydrogen) atoms. The first kappa shape index (κ1) is 18.2. The zero-order valence-corrected chi connectivity index (χ0v) is 15.2. The van der Waals surface area contributed by atoms with Crippen molar-refractivity contribution in [2.24, 2.45) is 0 Å². The van der Waals surface area contributed by atoms with Crippen LogP contribution < -0.4 is 14.9 Å². The number of rotatable bonds is 7. The Balaban J connectivity index is 2.03. The monoisotopic (exact) mass is 349 g/mol. The molecule has 1 atom stereocenters. The van der Waals surface area contributed by atoms with Gasteiger partial charge in [0, 0.05) is 17.6 Å². The number of hydrogen-bond donors (Lipinski definition) is 1. The molecule has 1 heterocycles. The third-order valence-electron chi connectivity index (χ3n) is 3.87. The second kappa shape index (κ2) is 8.12. The Morgan fingerprint density at radius 1 is 1.42 bits per heavy atom. The van der Waals surface area contributed by atoms with E-state index in [2.05, 4.69) is 5.32 Å². The number of aromatic nitrogens is 1. The van der Waals surface area contributed by atoms with E-state index in [1.54, 1.807) is 12.5 Å². The molecule has 1 aromatic heterocycles. The van der Waals surface area contributed by atoms with Crippen LogP contribution in [0.15, 0.2) is 34.4 Å². The first-order valence-electron chi connectivity index (χ1n) is 7.64. The Hall–Kier alpha value is -2.12. The fourth-order valence-corrected chi connectivity index (χ4v) is 3.19. The number of aryl methyl sites for hydroxylation is 1. The zero-order chi connectivity index (χ0) is 17.7. The number of likely N-dealkylation sites (N-methyl/N-ethyl adjacent to an activating group) is 1. The Morgan fingerprint density at radius 2 is 2.17 bits per heavy atom. The van der Waals surface area contributed by atoms with Crippen LogP contribution in [0.25, 0.3) is 0 Å². The summed E-state index contributed by atoms with van der Waals surface area (Å²) >= 11 is 1.11. The van der Waals surface area contributed by atoms with Gasteiger partial charge in [-0.25, -0.2) is 0 Å². The van der Waals surface area contributed by atoms with Crippen molar-refractivity contribution < 1.29 is 9.53 Å². The Labute approximate surface area is 145 Å². The van der Waals surface area contributed by atoms with Crippen LogP contribution in [0.2, 0.25) is 0 Å². The molecule has 130 valence electrons. The maximum absolute atomic E-state index is 12.2. The fourth-order valence-electron chi connectivity index (χ4n) is 2.45. The van der Waals surface area contributed by atoms with Gasteiger partial charge in [0.05, 0.1) is 13.2 Å². The van der Waals surface area contributed by atoms with Crippen molar-refractivity contribution in [2.45, 2.75) is 19.5 Å². The standard InChI is InChI=1S/C17H23N3O3S/c1-12-11-24-17(22)20(12)10-16(21)18-9-15(19(2)3)13-6-5-7-14(8-13)23-4/h5-8,11,15H,9-10H2,1-4H3,(H,18,21). The SMILES string of the molecule is COc1cccc(C(CNC(=O)Cn2c(C)csc2=O)N(C)C)c1. The predicted octanol–water partition coefficient (Wildman–Crippen LogP) is 1.65. The lowest BCUT2D eigenvalue weighted by Gasteiger charge is -2.25. The molecule has 0 saturated heterocycles. The smallest absolute Gasteiger partial charge is 0.307 e. The Bertz CT molecular complexity index is 752. The molecule has 1 N–H and O–H groups in total. The first-order chi connectivity index (χ1) is 11.4.